The summed E-state index contributed by atoms with van der Waals surface area (Å²) in [6.45, 7) is 0. The van der Waals surface area contributed by atoms with E-state index >= 15 is 0 Å². The van der Waals surface area contributed by atoms with Crippen molar-refractivity contribution in [2.45, 2.75) is 0 Å². The lowest BCUT2D eigenvalue weighted by atomic mass is 9.97. The normalized spacial score (nSPS) is 9.79. The number of methoxy groups -OCH3 is 1. The summed E-state index contributed by atoms with van der Waals surface area (Å²) in [5, 5.41) is 0. The summed E-state index contributed by atoms with van der Waals surface area (Å²) in [6, 6.07) is 17.9. The molecule has 0 unspecified atom stereocenters. The molecule has 0 heterocycles. The lowest BCUT2D eigenvalue weighted by Crippen LogP contribution is -2.04. The molecular weight excluding hydrogens is 243 g/mol. The first-order valence-electron chi connectivity index (χ1n) is 5.83. The fourth-order valence-electron chi connectivity index (χ4n) is 1.82. The molecule has 0 saturated heterocycles. The van der Waals surface area contributed by atoms with Crippen molar-refractivity contribution in [3.63, 3.8) is 0 Å². The van der Waals surface area contributed by atoms with Gasteiger partial charge in [0.2, 0.25) is 5.83 Å². The van der Waals surface area contributed by atoms with Gasteiger partial charge in [-0.15, -0.1) is 0 Å². The van der Waals surface area contributed by atoms with Crippen LogP contribution in [0.2, 0.25) is 0 Å². The zero-order valence-electron chi connectivity index (χ0n) is 10.5. The Hall–Kier alpha value is -2.42. The van der Waals surface area contributed by atoms with Crippen LogP contribution in [0.3, 0.4) is 0 Å². The Balaban J connectivity index is 2.62. The third-order valence-electron chi connectivity index (χ3n) is 2.71. The molecule has 96 valence electrons. The molecule has 0 aliphatic rings. The number of rotatable bonds is 3. The minimum Gasteiger partial charge on any atom is -0.464 e. The highest BCUT2D eigenvalue weighted by molar-refractivity contribution is 5.99. The van der Waals surface area contributed by atoms with Crippen LogP contribution < -0.4 is 0 Å². The summed E-state index contributed by atoms with van der Waals surface area (Å²) < 4.78 is 18.7. The van der Waals surface area contributed by atoms with Gasteiger partial charge in [-0.25, -0.2) is 4.79 Å². The Bertz CT molecular complexity index is 547. The standard InChI is InChI=1S/C16H13FO2/c1-19-16(18)15(17)14(12-8-4-2-5-9-12)13-10-6-3-7-11-13/h2-11H,1H3. The lowest BCUT2D eigenvalue weighted by Gasteiger charge is -2.09. The van der Waals surface area contributed by atoms with E-state index in [0.29, 0.717) is 11.1 Å². The molecule has 0 radical (unpaired) electrons. The van der Waals surface area contributed by atoms with E-state index in [2.05, 4.69) is 4.74 Å². The van der Waals surface area contributed by atoms with E-state index in [1.807, 2.05) is 12.1 Å². The predicted molar refractivity (Wildman–Crippen MR) is 72.0 cm³/mol. The maximum absolute atomic E-state index is 14.2. The largest absolute Gasteiger partial charge is 0.464 e. The van der Waals surface area contributed by atoms with Gasteiger partial charge in [0.05, 0.1) is 7.11 Å². The minimum atomic E-state index is -0.970. The van der Waals surface area contributed by atoms with Crippen molar-refractivity contribution < 1.29 is 13.9 Å². The SMILES string of the molecule is COC(=O)C(F)=C(c1ccccc1)c1ccccc1. The van der Waals surface area contributed by atoms with Gasteiger partial charge in [0, 0.05) is 5.57 Å². The zero-order valence-corrected chi connectivity index (χ0v) is 10.5. The molecule has 0 bridgehead atoms. The second kappa shape index (κ2) is 5.96. The molecule has 0 spiro atoms. The van der Waals surface area contributed by atoms with Crippen LogP contribution in [0.5, 0.6) is 0 Å². The van der Waals surface area contributed by atoms with E-state index < -0.39 is 11.8 Å². The number of hydrogen-bond acceptors (Lipinski definition) is 2. The third-order valence-corrected chi connectivity index (χ3v) is 2.71. The van der Waals surface area contributed by atoms with Crippen molar-refractivity contribution in [1.29, 1.82) is 0 Å². The molecule has 0 saturated carbocycles. The molecule has 0 aliphatic heterocycles. The second-order valence-electron chi connectivity index (χ2n) is 3.91. The van der Waals surface area contributed by atoms with Gasteiger partial charge in [-0.3, -0.25) is 0 Å². The van der Waals surface area contributed by atoms with Crippen LogP contribution in [0.4, 0.5) is 4.39 Å². The fourth-order valence-corrected chi connectivity index (χ4v) is 1.82. The Morgan fingerprint density at radius 1 is 0.895 bits per heavy atom. The Morgan fingerprint density at radius 3 is 1.68 bits per heavy atom. The van der Waals surface area contributed by atoms with Gasteiger partial charge in [-0.2, -0.15) is 4.39 Å². The lowest BCUT2D eigenvalue weighted by molar-refractivity contribution is -0.137. The average molecular weight is 256 g/mol. The smallest absolute Gasteiger partial charge is 0.367 e. The number of benzene rings is 2. The number of carbonyl (C=O) groups excluding carboxylic acids is 1. The van der Waals surface area contributed by atoms with Gasteiger partial charge in [0.15, 0.2) is 0 Å². The van der Waals surface area contributed by atoms with E-state index in [-0.39, 0.29) is 5.57 Å². The van der Waals surface area contributed by atoms with Crippen molar-refractivity contribution in [3.8, 4) is 0 Å². The van der Waals surface area contributed by atoms with E-state index in [0.717, 1.165) is 7.11 Å². The van der Waals surface area contributed by atoms with Crippen LogP contribution in [-0.4, -0.2) is 13.1 Å². The molecule has 2 nitrogen and oxygen atoms in total. The van der Waals surface area contributed by atoms with Crippen LogP contribution in [0.25, 0.3) is 5.57 Å². The molecule has 19 heavy (non-hydrogen) atoms. The third kappa shape index (κ3) is 2.88. The molecule has 0 aromatic heterocycles. The predicted octanol–water partition coefficient (Wildman–Crippen LogP) is 3.59. The van der Waals surface area contributed by atoms with Gasteiger partial charge in [-0.1, -0.05) is 60.7 Å². The van der Waals surface area contributed by atoms with Gasteiger partial charge >= 0.3 is 5.97 Å². The number of carbonyl (C=O) groups is 1. The summed E-state index contributed by atoms with van der Waals surface area (Å²) in [5.74, 6) is -1.86. The first kappa shape index (κ1) is 13.0. The molecule has 0 aliphatic carbocycles. The number of esters is 1. The molecule has 2 aromatic carbocycles. The molecule has 2 rings (SSSR count). The van der Waals surface area contributed by atoms with Crippen molar-refractivity contribution in [3.05, 3.63) is 77.6 Å². The number of halogens is 1. The van der Waals surface area contributed by atoms with Gasteiger partial charge in [0.1, 0.15) is 0 Å². The second-order valence-corrected chi connectivity index (χ2v) is 3.91. The quantitative estimate of drug-likeness (QED) is 0.619. The summed E-state index contributed by atoms with van der Waals surface area (Å²) >= 11 is 0. The molecule has 0 atom stereocenters. The summed E-state index contributed by atoms with van der Waals surface area (Å²) in [5.41, 5.74) is 1.52. The van der Waals surface area contributed by atoms with Crippen LogP contribution in [-0.2, 0) is 9.53 Å². The van der Waals surface area contributed by atoms with E-state index in [9.17, 15) is 9.18 Å². The Morgan fingerprint density at radius 2 is 1.32 bits per heavy atom. The van der Waals surface area contributed by atoms with Crippen LogP contribution in [0.15, 0.2) is 66.5 Å². The summed E-state index contributed by atoms with van der Waals surface area (Å²) in [4.78, 5) is 11.4. The fraction of sp³-hybridized carbons (Fsp3) is 0.0625. The topological polar surface area (TPSA) is 26.3 Å². The molecule has 0 fully saturated rings. The van der Waals surface area contributed by atoms with Gasteiger partial charge in [0.25, 0.3) is 0 Å². The van der Waals surface area contributed by atoms with Crippen LogP contribution >= 0.6 is 0 Å². The Labute approximate surface area is 111 Å². The maximum Gasteiger partial charge on any atom is 0.367 e. The zero-order chi connectivity index (χ0) is 13.7. The molecule has 3 heteroatoms. The molecule has 0 N–H and O–H groups in total. The highest BCUT2D eigenvalue weighted by atomic mass is 19.1. The average Bonchev–Trinajstić information content (AvgIpc) is 2.49. The highest BCUT2D eigenvalue weighted by Crippen LogP contribution is 2.28. The maximum atomic E-state index is 14.2. The molecule has 2 aromatic rings. The minimum absolute atomic E-state index is 0.244. The summed E-state index contributed by atoms with van der Waals surface area (Å²) in [7, 11) is 1.16. The van der Waals surface area contributed by atoms with Crippen molar-refractivity contribution in [2.24, 2.45) is 0 Å². The van der Waals surface area contributed by atoms with Crippen LogP contribution in [0, 0.1) is 0 Å². The van der Waals surface area contributed by atoms with E-state index in [1.165, 1.54) is 0 Å². The van der Waals surface area contributed by atoms with Crippen molar-refractivity contribution in [2.75, 3.05) is 7.11 Å². The first-order chi connectivity index (χ1) is 9.24. The molecule has 0 amide bonds. The van der Waals surface area contributed by atoms with Crippen molar-refractivity contribution in [1.82, 2.24) is 0 Å². The van der Waals surface area contributed by atoms with Gasteiger partial charge in [-0.05, 0) is 11.1 Å². The first-order valence-corrected chi connectivity index (χ1v) is 5.83. The van der Waals surface area contributed by atoms with E-state index in [1.54, 1.807) is 48.5 Å². The number of hydrogen-bond donors (Lipinski definition) is 0. The Kier molecular flexibility index (Phi) is 4.08. The van der Waals surface area contributed by atoms with Crippen molar-refractivity contribution >= 4 is 11.5 Å². The van der Waals surface area contributed by atoms with Gasteiger partial charge < -0.3 is 4.74 Å². The van der Waals surface area contributed by atoms with Crippen LogP contribution in [0.1, 0.15) is 11.1 Å². The highest BCUT2D eigenvalue weighted by Gasteiger charge is 2.18. The summed E-state index contributed by atoms with van der Waals surface area (Å²) in [6.07, 6.45) is 0. The monoisotopic (exact) mass is 256 g/mol. The molecular formula is C16H13FO2. The number of ether oxygens (including phenoxy) is 1. The van der Waals surface area contributed by atoms with E-state index in [4.69, 9.17) is 0 Å².